The van der Waals surface area contributed by atoms with Crippen LogP contribution in [0.4, 0.5) is 10.5 Å². The lowest BCUT2D eigenvalue weighted by molar-refractivity contribution is -0.132. The monoisotopic (exact) mass is 332 g/mol. The molecule has 1 heterocycles. The number of carbonyl (C=O) groups excluding carboxylic acids is 3. The third kappa shape index (κ3) is 4.97. The van der Waals surface area contributed by atoms with E-state index in [4.69, 9.17) is 0 Å². The van der Waals surface area contributed by atoms with Crippen LogP contribution in [0.3, 0.4) is 0 Å². The number of likely N-dealkylation sites (N-methyl/N-ethyl adjacent to an activating group) is 1. The molecule has 130 valence electrons. The van der Waals surface area contributed by atoms with E-state index in [-0.39, 0.29) is 30.3 Å². The fraction of sp³-hybridized carbons (Fsp3) is 0.471. The van der Waals surface area contributed by atoms with Gasteiger partial charge in [-0.15, -0.1) is 0 Å². The quantitative estimate of drug-likeness (QED) is 0.867. The first-order chi connectivity index (χ1) is 11.5. The molecule has 0 aromatic heterocycles. The zero-order valence-corrected chi connectivity index (χ0v) is 14.1. The summed E-state index contributed by atoms with van der Waals surface area (Å²) < 4.78 is 0. The largest absolute Gasteiger partial charge is 0.347 e. The lowest BCUT2D eigenvalue weighted by Gasteiger charge is -2.32. The predicted molar refractivity (Wildman–Crippen MR) is 91.5 cm³/mol. The number of para-hydroxylation sites is 1. The van der Waals surface area contributed by atoms with Gasteiger partial charge in [-0.1, -0.05) is 18.2 Å². The molecule has 1 aromatic carbocycles. The highest BCUT2D eigenvalue weighted by molar-refractivity contribution is 5.90. The van der Waals surface area contributed by atoms with E-state index in [1.165, 1.54) is 4.90 Å². The molecule has 7 heteroatoms. The summed E-state index contributed by atoms with van der Waals surface area (Å²) in [5.41, 5.74) is 0.727. The van der Waals surface area contributed by atoms with Gasteiger partial charge in [0.25, 0.3) is 0 Å². The van der Waals surface area contributed by atoms with Crippen molar-refractivity contribution in [3.63, 3.8) is 0 Å². The van der Waals surface area contributed by atoms with Crippen LogP contribution in [0.25, 0.3) is 0 Å². The summed E-state index contributed by atoms with van der Waals surface area (Å²) in [7, 11) is 3.29. The van der Waals surface area contributed by atoms with E-state index in [1.807, 2.05) is 30.3 Å². The second-order valence-corrected chi connectivity index (χ2v) is 6.09. The third-order valence-corrected chi connectivity index (χ3v) is 4.02. The van der Waals surface area contributed by atoms with Crippen LogP contribution in [0, 0.1) is 5.92 Å². The molecule has 0 saturated carbocycles. The lowest BCUT2D eigenvalue weighted by atomic mass is 9.97. The van der Waals surface area contributed by atoms with Crippen molar-refractivity contribution in [2.45, 2.75) is 12.8 Å². The number of carbonyl (C=O) groups is 3. The lowest BCUT2D eigenvalue weighted by Crippen LogP contribution is -2.48. The van der Waals surface area contributed by atoms with E-state index in [1.54, 1.807) is 19.0 Å². The van der Waals surface area contributed by atoms with Crippen molar-refractivity contribution in [2.24, 2.45) is 5.92 Å². The average molecular weight is 332 g/mol. The van der Waals surface area contributed by atoms with Gasteiger partial charge in [0.05, 0.1) is 12.5 Å². The first-order valence-corrected chi connectivity index (χ1v) is 8.06. The zero-order chi connectivity index (χ0) is 17.5. The van der Waals surface area contributed by atoms with Crippen molar-refractivity contribution >= 4 is 23.5 Å². The minimum absolute atomic E-state index is 0.0153. The molecule has 0 aliphatic carbocycles. The molecule has 7 nitrogen and oxygen atoms in total. The Morgan fingerprint density at radius 3 is 2.58 bits per heavy atom. The second-order valence-electron chi connectivity index (χ2n) is 6.09. The summed E-state index contributed by atoms with van der Waals surface area (Å²) in [5, 5.41) is 5.48. The molecule has 1 aliphatic heterocycles. The standard InChI is InChI=1S/C17H24N4O3/c1-20(2)15(22)11-18-16(23)13-7-6-10-21(12-13)17(24)19-14-8-4-3-5-9-14/h3-5,8-9,13H,6-7,10-12H2,1-2H3,(H,18,23)(H,19,24)/t13-/m1/s1. The number of anilines is 1. The van der Waals surface area contributed by atoms with Crippen LogP contribution in [0.2, 0.25) is 0 Å². The van der Waals surface area contributed by atoms with Gasteiger partial charge in [-0.3, -0.25) is 9.59 Å². The van der Waals surface area contributed by atoms with Crippen molar-refractivity contribution in [1.29, 1.82) is 0 Å². The Labute approximate surface area is 142 Å². The molecule has 0 spiro atoms. The van der Waals surface area contributed by atoms with Gasteiger partial charge in [0.2, 0.25) is 11.8 Å². The Morgan fingerprint density at radius 1 is 1.21 bits per heavy atom. The normalized spacial score (nSPS) is 17.1. The highest BCUT2D eigenvalue weighted by atomic mass is 16.2. The molecular formula is C17H24N4O3. The Kier molecular flexibility index (Phi) is 6.17. The molecule has 0 unspecified atom stereocenters. The molecule has 4 amide bonds. The van der Waals surface area contributed by atoms with Crippen LogP contribution in [-0.2, 0) is 9.59 Å². The Balaban J connectivity index is 1.85. The van der Waals surface area contributed by atoms with Gasteiger partial charge in [0, 0.05) is 32.9 Å². The van der Waals surface area contributed by atoms with Gasteiger partial charge in [0.1, 0.15) is 0 Å². The Morgan fingerprint density at radius 2 is 1.92 bits per heavy atom. The number of urea groups is 1. The summed E-state index contributed by atoms with van der Waals surface area (Å²) in [5.74, 6) is -0.615. The molecule has 1 aromatic rings. The van der Waals surface area contributed by atoms with E-state index >= 15 is 0 Å². The average Bonchev–Trinajstić information content (AvgIpc) is 2.60. The van der Waals surface area contributed by atoms with E-state index in [0.717, 1.165) is 18.5 Å². The Hall–Kier alpha value is -2.57. The molecule has 2 N–H and O–H groups in total. The summed E-state index contributed by atoms with van der Waals surface area (Å²) >= 11 is 0. The van der Waals surface area contributed by atoms with Crippen LogP contribution in [0.1, 0.15) is 12.8 Å². The molecule has 24 heavy (non-hydrogen) atoms. The van der Waals surface area contributed by atoms with Gasteiger partial charge in [0.15, 0.2) is 0 Å². The van der Waals surface area contributed by atoms with Crippen molar-refractivity contribution in [3.8, 4) is 0 Å². The highest BCUT2D eigenvalue weighted by Gasteiger charge is 2.28. The number of nitrogens with zero attached hydrogens (tertiary/aromatic N) is 2. The predicted octanol–water partition coefficient (Wildman–Crippen LogP) is 1.13. The molecular weight excluding hydrogens is 308 g/mol. The summed E-state index contributed by atoms with van der Waals surface area (Å²) in [6.07, 6.45) is 1.49. The molecule has 0 radical (unpaired) electrons. The molecule has 2 rings (SSSR count). The van der Waals surface area contributed by atoms with Gasteiger partial charge in [-0.05, 0) is 25.0 Å². The van der Waals surface area contributed by atoms with Crippen molar-refractivity contribution < 1.29 is 14.4 Å². The highest BCUT2D eigenvalue weighted by Crippen LogP contribution is 2.18. The number of benzene rings is 1. The number of likely N-dealkylation sites (tertiary alicyclic amines) is 1. The summed E-state index contributed by atoms with van der Waals surface area (Å²) in [6.45, 7) is 0.971. The number of amides is 4. The number of hydrogen-bond donors (Lipinski definition) is 2. The minimum Gasteiger partial charge on any atom is -0.347 e. The summed E-state index contributed by atoms with van der Waals surface area (Å²) in [4.78, 5) is 39.1. The fourth-order valence-electron chi connectivity index (χ4n) is 2.56. The molecule has 1 atom stereocenters. The van der Waals surface area contributed by atoms with E-state index in [9.17, 15) is 14.4 Å². The number of nitrogens with one attached hydrogen (secondary N) is 2. The molecule has 0 bridgehead atoms. The number of rotatable bonds is 4. The molecule has 1 aliphatic rings. The first-order valence-electron chi connectivity index (χ1n) is 8.06. The Bertz CT molecular complexity index is 589. The van der Waals surface area contributed by atoms with Gasteiger partial charge in [-0.25, -0.2) is 4.79 Å². The van der Waals surface area contributed by atoms with Crippen LogP contribution in [-0.4, -0.2) is 61.4 Å². The van der Waals surface area contributed by atoms with Crippen molar-refractivity contribution in [3.05, 3.63) is 30.3 Å². The van der Waals surface area contributed by atoms with Crippen molar-refractivity contribution in [1.82, 2.24) is 15.1 Å². The van der Waals surface area contributed by atoms with Gasteiger partial charge in [-0.2, -0.15) is 0 Å². The van der Waals surface area contributed by atoms with Crippen LogP contribution >= 0.6 is 0 Å². The smallest absolute Gasteiger partial charge is 0.321 e. The molecule has 1 saturated heterocycles. The zero-order valence-electron chi connectivity index (χ0n) is 14.1. The summed E-state index contributed by atoms with van der Waals surface area (Å²) in [6, 6.07) is 9.01. The first kappa shape index (κ1) is 17.8. The van der Waals surface area contributed by atoms with E-state index < -0.39 is 0 Å². The minimum atomic E-state index is -0.282. The maximum absolute atomic E-state index is 12.3. The second kappa shape index (κ2) is 8.33. The maximum atomic E-state index is 12.3. The maximum Gasteiger partial charge on any atom is 0.321 e. The number of piperidine rings is 1. The topological polar surface area (TPSA) is 81.8 Å². The van der Waals surface area contributed by atoms with Crippen LogP contribution in [0.15, 0.2) is 30.3 Å². The van der Waals surface area contributed by atoms with Crippen molar-refractivity contribution in [2.75, 3.05) is 39.0 Å². The third-order valence-electron chi connectivity index (χ3n) is 4.02. The van der Waals surface area contributed by atoms with Crippen LogP contribution < -0.4 is 10.6 Å². The van der Waals surface area contributed by atoms with Crippen LogP contribution in [0.5, 0.6) is 0 Å². The van der Waals surface area contributed by atoms with E-state index in [0.29, 0.717) is 13.1 Å². The fourth-order valence-corrected chi connectivity index (χ4v) is 2.56. The number of hydrogen-bond acceptors (Lipinski definition) is 3. The van der Waals surface area contributed by atoms with Gasteiger partial charge >= 0.3 is 6.03 Å². The van der Waals surface area contributed by atoms with Gasteiger partial charge < -0.3 is 20.4 Å². The SMILES string of the molecule is CN(C)C(=O)CNC(=O)[C@@H]1CCCN(C(=O)Nc2ccccc2)C1. The van der Waals surface area contributed by atoms with E-state index in [2.05, 4.69) is 10.6 Å². The molecule has 1 fully saturated rings.